The van der Waals surface area contributed by atoms with Gasteiger partial charge in [0.1, 0.15) is 15.0 Å². The topological polar surface area (TPSA) is 69.2 Å². The van der Waals surface area contributed by atoms with Crippen LogP contribution in [-0.4, -0.2) is 24.4 Å². The molecule has 0 aliphatic heterocycles. The smallest absolute Gasteiger partial charge is 0.747 e. The Morgan fingerprint density at radius 3 is 2.15 bits per heavy atom. The molecule has 0 amide bonds. The van der Waals surface area contributed by atoms with Crippen LogP contribution in [0.2, 0.25) is 0 Å². The van der Waals surface area contributed by atoms with Crippen LogP contribution in [0.25, 0.3) is 0 Å². The maximum Gasteiger partial charge on any atom is 1.00 e. The molecule has 0 aromatic rings. The van der Waals surface area contributed by atoms with Crippen molar-refractivity contribution in [3.05, 3.63) is 0 Å². The molecule has 0 aromatic heterocycles. The van der Waals surface area contributed by atoms with Gasteiger partial charge in [-0.1, -0.05) is 13.3 Å². The van der Waals surface area contributed by atoms with Gasteiger partial charge in [0, 0.05) is 0 Å². The Hall–Kier alpha value is 0.870. The first kappa shape index (κ1) is 16.3. The minimum atomic E-state index is -4.24. The second-order valence-corrected chi connectivity index (χ2v) is 5.17. The molecule has 0 radical (unpaired) electrons. The van der Waals surface area contributed by atoms with Gasteiger partial charge in [0.05, 0.1) is 0 Å². The Bertz CT molecular complexity index is 226. The fourth-order valence-corrected chi connectivity index (χ4v) is 0.933. The molecule has 0 fully saturated rings. The quantitative estimate of drug-likeness (QED) is 0.318. The predicted molar refractivity (Wildman–Crippen MR) is 46.7 cm³/mol. The number of hydrogen-bond donors (Lipinski definition) is 1. The molecule has 0 unspecified atom stereocenters. The second kappa shape index (κ2) is 6.37. The van der Waals surface area contributed by atoms with E-state index in [-0.39, 0.29) is 29.6 Å². The Morgan fingerprint density at radius 1 is 1.38 bits per heavy atom. The molecule has 0 atom stereocenters. The second-order valence-electron chi connectivity index (χ2n) is 3.24. The largest absolute Gasteiger partial charge is 1.00 e. The number of unbranched alkanes of at least 4 members (excludes halogenated alkanes) is 1. The summed E-state index contributed by atoms with van der Waals surface area (Å²) in [4.78, 5) is -1.35. The summed E-state index contributed by atoms with van der Waals surface area (Å²) in [7, 11) is -4.24. The van der Waals surface area contributed by atoms with Crippen LogP contribution < -0.4 is 34.9 Å². The summed E-state index contributed by atoms with van der Waals surface area (Å²) in [5.41, 5.74) is 0. The summed E-state index contributed by atoms with van der Waals surface area (Å²) in [6.45, 7) is 5.32. The van der Waals surface area contributed by atoms with Crippen molar-refractivity contribution in [3.63, 3.8) is 0 Å². The SMILES string of the molecule is CCCCNC(C)(C)S(=O)(=O)[O-].[Na+]. The molecule has 0 aliphatic carbocycles. The average molecular weight is 217 g/mol. The Labute approximate surface area is 103 Å². The zero-order valence-electron chi connectivity index (χ0n) is 8.75. The van der Waals surface area contributed by atoms with Crippen LogP contribution in [0.3, 0.4) is 0 Å². The van der Waals surface area contributed by atoms with Crippen LogP contribution in [0.4, 0.5) is 0 Å². The molecule has 0 rings (SSSR count). The molecule has 0 saturated carbocycles. The summed E-state index contributed by atoms with van der Waals surface area (Å²) in [5.74, 6) is 0. The van der Waals surface area contributed by atoms with Crippen molar-refractivity contribution in [2.24, 2.45) is 0 Å². The van der Waals surface area contributed by atoms with E-state index in [0.29, 0.717) is 6.54 Å². The predicted octanol–water partition coefficient (Wildman–Crippen LogP) is -2.34. The van der Waals surface area contributed by atoms with E-state index in [9.17, 15) is 13.0 Å². The van der Waals surface area contributed by atoms with Gasteiger partial charge in [-0.25, -0.2) is 8.42 Å². The molecule has 0 aromatic carbocycles. The van der Waals surface area contributed by atoms with Crippen molar-refractivity contribution < 1.29 is 42.5 Å². The summed E-state index contributed by atoms with van der Waals surface area (Å²) >= 11 is 0. The van der Waals surface area contributed by atoms with Crippen LogP contribution in [0.15, 0.2) is 0 Å². The normalized spacial score (nSPS) is 12.3. The average Bonchev–Trinajstić information content (AvgIpc) is 1.85. The van der Waals surface area contributed by atoms with Crippen LogP contribution in [0, 0.1) is 0 Å². The molecule has 0 spiro atoms. The summed E-state index contributed by atoms with van der Waals surface area (Å²) < 4.78 is 31.9. The van der Waals surface area contributed by atoms with Gasteiger partial charge >= 0.3 is 29.6 Å². The number of nitrogens with one attached hydrogen (secondary N) is 1. The van der Waals surface area contributed by atoms with Crippen LogP contribution in [0.1, 0.15) is 33.6 Å². The van der Waals surface area contributed by atoms with Crippen LogP contribution in [-0.2, 0) is 10.1 Å². The fourth-order valence-electron chi connectivity index (χ4n) is 0.655. The van der Waals surface area contributed by atoms with E-state index < -0.39 is 15.0 Å². The third-order valence-corrected chi connectivity index (χ3v) is 3.10. The molecule has 0 heterocycles. The van der Waals surface area contributed by atoms with Gasteiger partial charge in [-0.3, -0.25) is 0 Å². The molecule has 0 bridgehead atoms. The standard InChI is InChI=1S/C7H17NO3S.Na/c1-4-5-6-8-7(2,3)12(9,10)11;/h8H,4-6H2,1-3H3,(H,9,10,11);/q;+1/p-1. The van der Waals surface area contributed by atoms with E-state index in [1.165, 1.54) is 13.8 Å². The third-order valence-electron chi connectivity index (χ3n) is 1.71. The van der Waals surface area contributed by atoms with E-state index in [4.69, 9.17) is 0 Å². The van der Waals surface area contributed by atoms with E-state index in [2.05, 4.69) is 5.32 Å². The van der Waals surface area contributed by atoms with Crippen molar-refractivity contribution in [3.8, 4) is 0 Å². The molecule has 13 heavy (non-hydrogen) atoms. The van der Waals surface area contributed by atoms with E-state index >= 15 is 0 Å². The van der Waals surface area contributed by atoms with Crippen LogP contribution in [0.5, 0.6) is 0 Å². The first-order chi connectivity index (χ1) is 5.31. The van der Waals surface area contributed by atoms with Gasteiger partial charge in [-0.05, 0) is 26.8 Å². The summed E-state index contributed by atoms with van der Waals surface area (Å²) in [6, 6.07) is 0. The van der Waals surface area contributed by atoms with E-state index in [1.54, 1.807) is 0 Å². The fraction of sp³-hybridized carbons (Fsp3) is 1.00. The molecule has 0 saturated heterocycles. The third kappa shape index (κ3) is 6.04. The first-order valence-electron chi connectivity index (χ1n) is 4.01. The van der Waals surface area contributed by atoms with Crippen molar-refractivity contribution in [2.45, 2.75) is 38.5 Å². The summed E-state index contributed by atoms with van der Waals surface area (Å²) in [6.07, 6.45) is 1.85. The Kier molecular flexibility index (Phi) is 7.99. The van der Waals surface area contributed by atoms with Gasteiger partial charge < -0.3 is 9.87 Å². The van der Waals surface area contributed by atoms with Gasteiger partial charge in [0.15, 0.2) is 0 Å². The molecular weight excluding hydrogens is 201 g/mol. The maximum absolute atomic E-state index is 10.6. The number of rotatable bonds is 5. The van der Waals surface area contributed by atoms with Gasteiger partial charge in [-0.2, -0.15) is 0 Å². The van der Waals surface area contributed by atoms with Crippen LogP contribution >= 0.6 is 0 Å². The zero-order valence-corrected chi connectivity index (χ0v) is 11.6. The van der Waals surface area contributed by atoms with E-state index in [1.807, 2.05) is 6.92 Å². The first-order valence-corrected chi connectivity index (χ1v) is 5.42. The number of hydrogen-bond acceptors (Lipinski definition) is 4. The van der Waals surface area contributed by atoms with Crippen molar-refractivity contribution in [2.75, 3.05) is 6.54 Å². The molecular formula is C7H16NNaO3S. The van der Waals surface area contributed by atoms with Gasteiger partial charge in [0.2, 0.25) is 0 Å². The monoisotopic (exact) mass is 217 g/mol. The van der Waals surface area contributed by atoms with Gasteiger partial charge in [-0.15, -0.1) is 0 Å². The Morgan fingerprint density at radius 2 is 1.85 bits per heavy atom. The molecule has 6 heteroatoms. The van der Waals surface area contributed by atoms with Gasteiger partial charge in [0.25, 0.3) is 0 Å². The van der Waals surface area contributed by atoms with Crippen molar-refractivity contribution >= 4 is 10.1 Å². The molecule has 4 nitrogen and oxygen atoms in total. The summed E-state index contributed by atoms with van der Waals surface area (Å²) in [5, 5.41) is 2.70. The minimum absolute atomic E-state index is 0. The van der Waals surface area contributed by atoms with E-state index in [0.717, 1.165) is 12.8 Å². The zero-order chi connectivity index (χ0) is 9.83. The maximum atomic E-state index is 10.6. The Balaban J connectivity index is 0. The molecule has 1 N–H and O–H groups in total. The van der Waals surface area contributed by atoms with Crippen molar-refractivity contribution in [1.82, 2.24) is 5.32 Å². The molecule has 0 aliphatic rings. The molecule has 74 valence electrons. The van der Waals surface area contributed by atoms with Crippen molar-refractivity contribution in [1.29, 1.82) is 0 Å². The minimum Gasteiger partial charge on any atom is -0.747 e.